The predicted octanol–water partition coefficient (Wildman–Crippen LogP) is 3.06. The molecule has 6 heteroatoms. The van der Waals surface area contributed by atoms with Crippen LogP contribution in [-0.2, 0) is 16.6 Å². The van der Waals surface area contributed by atoms with Gasteiger partial charge in [0.2, 0.25) is 0 Å². The summed E-state index contributed by atoms with van der Waals surface area (Å²) in [6.07, 6.45) is 2.73. The van der Waals surface area contributed by atoms with Gasteiger partial charge in [-0.1, -0.05) is 20.3 Å². The van der Waals surface area contributed by atoms with E-state index in [1.165, 1.54) is 11.3 Å². The minimum atomic E-state index is -3.36. The minimum Gasteiger partial charge on any atom is -0.315 e. The van der Waals surface area contributed by atoms with E-state index in [0.29, 0.717) is 17.3 Å². The van der Waals surface area contributed by atoms with Gasteiger partial charge in [-0.05, 0) is 38.9 Å². The summed E-state index contributed by atoms with van der Waals surface area (Å²) in [6.45, 7) is 7.40. The van der Waals surface area contributed by atoms with Crippen LogP contribution in [0.25, 0.3) is 0 Å². The third kappa shape index (κ3) is 4.28. The highest BCUT2D eigenvalue weighted by molar-refractivity contribution is 7.91. The lowest BCUT2D eigenvalue weighted by Crippen LogP contribution is -2.38. The van der Waals surface area contributed by atoms with Gasteiger partial charge in [-0.15, -0.1) is 11.3 Å². The van der Waals surface area contributed by atoms with Crippen molar-refractivity contribution in [3.63, 3.8) is 0 Å². The van der Waals surface area contributed by atoms with Gasteiger partial charge in [0.05, 0.1) is 0 Å². The van der Waals surface area contributed by atoms with E-state index >= 15 is 0 Å². The summed E-state index contributed by atoms with van der Waals surface area (Å²) in [5.74, 6) is 0. The topological polar surface area (TPSA) is 49.4 Å². The second-order valence-electron chi connectivity index (χ2n) is 4.98. The summed E-state index contributed by atoms with van der Waals surface area (Å²) in [4.78, 5) is 1.05. The molecule has 1 N–H and O–H groups in total. The Hall–Kier alpha value is -0.430. The Balaban J connectivity index is 3.01. The highest BCUT2D eigenvalue weighted by Gasteiger charge is 2.29. The van der Waals surface area contributed by atoms with Crippen LogP contribution in [0.2, 0.25) is 0 Å². The number of nitrogens with one attached hydrogen (secondary N) is 1. The second-order valence-corrected chi connectivity index (χ2v) is 8.26. The fraction of sp³-hybridized carbons (Fsp3) is 0.714. The van der Waals surface area contributed by atoms with Crippen LogP contribution in [0.15, 0.2) is 16.3 Å². The quantitative estimate of drug-likeness (QED) is 0.761. The first kappa shape index (κ1) is 17.6. The number of rotatable bonds is 9. The molecule has 0 aliphatic carbocycles. The van der Waals surface area contributed by atoms with E-state index in [-0.39, 0.29) is 6.04 Å². The average Bonchev–Trinajstić information content (AvgIpc) is 2.88. The molecule has 0 aliphatic rings. The van der Waals surface area contributed by atoms with Crippen LogP contribution in [0.4, 0.5) is 0 Å². The van der Waals surface area contributed by atoms with Gasteiger partial charge >= 0.3 is 0 Å². The monoisotopic (exact) mass is 318 g/mol. The van der Waals surface area contributed by atoms with Crippen LogP contribution in [0.1, 0.15) is 44.9 Å². The largest absolute Gasteiger partial charge is 0.315 e. The van der Waals surface area contributed by atoms with E-state index in [1.54, 1.807) is 10.4 Å². The molecular weight excluding hydrogens is 292 g/mol. The Labute approximate surface area is 127 Å². The number of sulfonamides is 1. The molecule has 0 radical (unpaired) electrons. The lowest BCUT2D eigenvalue weighted by molar-refractivity contribution is 0.325. The zero-order valence-electron chi connectivity index (χ0n) is 12.8. The summed E-state index contributed by atoms with van der Waals surface area (Å²) >= 11 is 1.36. The van der Waals surface area contributed by atoms with Crippen LogP contribution in [-0.4, -0.2) is 32.4 Å². The van der Waals surface area contributed by atoms with Crippen LogP contribution in [0.5, 0.6) is 0 Å². The van der Waals surface area contributed by atoms with Crippen molar-refractivity contribution < 1.29 is 8.42 Å². The summed E-state index contributed by atoms with van der Waals surface area (Å²) in [6, 6.07) is 3.66. The van der Waals surface area contributed by atoms with E-state index in [9.17, 15) is 8.42 Å². The van der Waals surface area contributed by atoms with Crippen LogP contribution >= 0.6 is 11.3 Å². The standard InChI is InChI=1S/C14H26N2O2S2/c1-5-7-10-16(12(3)6-2)20(17,18)14-9-8-13(19-14)11-15-4/h8-9,12,15H,5-7,10-11H2,1-4H3. The van der Waals surface area contributed by atoms with Crippen LogP contribution in [0, 0.1) is 0 Å². The molecule has 1 aromatic rings. The van der Waals surface area contributed by atoms with Crippen LogP contribution in [0.3, 0.4) is 0 Å². The maximum Gasteiger partial charge on any atom is 0.252 e. The molecule has 0 aromatic carbocycles. The number of nitrogens with zero attached hydrogens (tertiary/aromatic N) is 1. The van der Waals surface area contributed by atoms with E-state index in [2.05, 4.69) is 12.2 Å². The molecular formula is C14H26N2O2S2. The third-order valence-corrected chi connectivity index (χ3v) is 6.93. The van der Waals surface area contributed by atoms with Crippen molar-refractivity contribution in [1.29, 1.82) is 0 Å². The molecule has 1 aromatic heterocycles. The van der Waals surface area contributed by atoms with Crippen molar-refractivity contribution in [2.24, 2.45) is 0 Å². The van der Waals surface area contributed by atoms with Crippen molar-refractivity contribution in [3.8, 4) is 0 Å². The first-order valence-corrected chi connectivity index (χ1v) is 9.48. The Morgan fingerprint density at radius 3 is 2.60 bits per heavy atom. The first-order valence-electron chi connectivity index (χ1n) is 7.22. The number of thiophene rings is 1. The summed E-state index contributed by atoms with van der Waals surface area (Å²) in [7, 11) is -1.50. The zero-order chi connectivity index (χ0) is 15.2. The Bertz CT molecular complexity index is 497. The molecule has 0 bridgehead atoms. The predicted molar refractivity (Wildman–Crippen MR) is 85.6 cm³/mol. The van der Waals surface area contributed by atoms with Gasteiger partial charge in [0, 0.05) is 24.0 Å². The van der Waals surface area contributed by atoms with Gasteiger partial charge in [-0.3, -0.25) is 0 Å². The molecule has 0 saturated carbocycles. The average molecular weight is 319 g/mol. The summed E-state index contributed by atoms with van der Waals surface area (Å²) in [5, 5.41) is 3.05. The zero-order valence-corrected chi connectivity index (χ0v) is 14.5. The van der Waals surface area contributed by atoms with E-state index < -0.39 is 10.0 Å². The molecule has 0 fully saturated rings. The lowest BCUT2D eigenvalue weighted by Gasteiger charge is -2.26. The van der Waals surface area contributed by atoms with Crippen molar-refractivity contribution in [2.75, 3.05) is 13.6 Å². The third-order valence-electron chi connectivity index (χ3n) is 3.37. The molecule has 0 amide bonds. The maximum absolute atomic E-state index is 12.8. The minimum absolute atomic E-state index is 0.0430. The van der Waals surface area contributed by atoms with E-state index in [4.69, 9.17) is 0 Å². The van der Waals surface area contributed by atoms with Crippen molar-refractivity contribution in [2.45, 2.75) is 56.8 Å². The van der Waals surface area contributed by atoms with Gasteiger partial charge in [0.15, 0.2) is 0 Å². The normalized spacial score (nSPS) is 13.8. The maximum atomic E-state index is 12.8. The number of unbranched alkanes of at least 4 members (excludes halogenated alkanes) is 1. The van der Waals surface area contributed by atoms with Crippen LogP contribution < -0.4 is 5.32 Å². The molecule has 116 valence electrons. The molecule has 0 spiro atoms. The molecule has 1 heterocycles. The molecule has 20 heavy (non-hydrogen) atoms. The highest BCUT2D eigenvalue weighted by atomic mass is 32.2. The van der Waals surface area contributed by atoms with E-state index in [1.807, 2.05) is 27.0 Å². The van der Waals surface area contributed by atoms with Gasteiger partial charge in [-0.2, -0.15) is 4.31 Å². The Kier molecular flexibility index (Phi) is 7.15. The first-order chi connectivity index (χ1) is 9.47. The van der Waals surface area contributed by atoms with Gasteiger partial charge < -0.3 is 5.32 Å². The fourth-order valence-corrected chi connectivity index (χ4v) is 5.22. The molecule has 0 aliphatic heterocycles. The fourth-order valence-electron chi connectivity index (χ4n) is 1.98. The van der Waals surface area contributed by atoms with Gasteiger partial charge in [0.25, 0.3) is 10.0 Å². The van der Waals surface area contributed by atoms with Crippen molar-refractivity contribution >= 4 is 21.4 Å². The Morgan fingerprint density at radius 2 is 2.05 bits per heavy atom. The van der Waals surface area contributed by atoms with Crippen molar-refractivity contribution in [1.82, 2.24) is 9.62 Å². The molecule has 4 nitrogen and oxygen atoms in total. The summed E-state index contributed by atoms with van der Waals surface area (Å²) in [5.41, 5.74) is 0. The molecule has 1 atom stereocenters. The van der Waals surface area contributed by atoms with Crippen molar-refractivity contribution in [3.05, 3.63) is 17.0 Å². The SMILES string of the molecule is CCCCN(C(C)CC)S(=O)(=O)c1ccc(CNC)s1. The molecule has 1 rings (SSSR count). The summed E-state index contributed by atoms with van der Waals surface area (Å²) < 4.78 is 27.7. The number of hydrogen-bond donors (Lipinski definition) is 1. The lowest BCUT2D eigenvalue weighted by atomic mass is 10.2. The molecule has 0 saturated heterocycles. The smallest absolute Gasteiger partial charge is 0.252 e. The highest BCUT2D eigenvalue weighted by Crippen LogP contribution is 2.27. The van der Waals surface area contributed by atoms with E-state index in [0.717, 1.165) is 24.1 Å². The Morgan fingerprint density at radius 1 is 1.35 bits per heavy atom. The second kappa shape index (κ2) is 8.12. The molecule has 1 unspecified atom stereocenters. The van der Waals surface area contributed by atoms with Gasteiger partial charge in [-0.25, -0.2) is 8.42 Å². The van der Waals surface area contributed by atoms with Gasteiger partial charge in [0.1, 0.15) is 4.21 Å². The number of hydrogen-bond acceptors (Lipinski definition) is 4.